The molecule has 0 radical (unpaired) electrons. The summed E-state index contributed by atoms with van der Waals surface area (Å²) in [5.74, 6) is 0.134. The topological polar surface area (TPSA) is 87.4 Å². The van der Waals surface area contributed by atoms with Crippen LogP contribution in [0.2, 0.25) is 10.2 Å². The molecule has 29 heavy (non-hydrogen) atoms. The molecule has 2 heterocycles. The fraction of sp³-hybridized carbons (Fsp3) is 0.0476. The number of rotatable bonds is 3. The number of nitriles is 1. The molecule has 4 rings (SSSR count). The maximum Gasteiger partial charge on any atom is 0.259 e. The Labute approximate surface area is 175 Å². The number of nitrogens with zero attached hydrogens (tertiary/aromatic N) is 4. The van der Waals surface area contributed by atoms with Gasteiger partial charge >= 0.3 is 0 Å². The first-order valence-corrected chi connectivity index (χ1v) is 9.36. The molecule has 0 atom stereocenters. The number of aromatic amines is 1. The first-order valence-electron chi connectivity index (χ1n) is 8.60. The maximum atomic E-state index is 12.4. The molecule has 142 valence electrons. The molecule has 0 spiro atoms. The van der Waals surface area contributed by atoms with Crippen molar-refractivity contribution in [1.29, 1.82) is 5.26 Å². The van der Waals surface area contributed by atoms with Crippen molar-refractivity contribution in [2.45, 2.75) is 6.92 Å². The molecule has 4 aromatic rings. The van der Waals surface area contributed by atoms with E-state index in [-0.39, 0.29) is 17.0 Å². The highest BCUT2D eigenvalue weighted by atomic mass is 35.5. The van der Waals surface area contributed by atoms with Gasteiger partial charge in [-0.2, -0.15) is 10.4 Å². The molecule has 6 nitrogen and oxygen atoms in total. The first kappa shape index (κ1) is 18.9. The van der Waals surface area contributed by atoms with Gasteiger partial charge in [-0.3, -0.25) is 4.79 Å². The predicted octanol–water partition coefficient (Wildman–Crippen LogP) is 4.79. The van der Waals surface area contributed by atoms with Gasteiger partial charge in [0, 0.05) is 10.6 Å². The van der Waals surface area contributed by atoms with E-state index in [1.807, 2.05) is 30.3 Å². The summed E-state index contributed by atoms with van der Waals surface area (Å²) >= 11 is 12.5. The number of hydrogen-bond donors (Lipinski definition) is 1. The Hall–Kier alpha value is -3.40. The first-order chi connectivity index (χ1) is 14.0. The number of hydrogen-bond acceptors (Lipinski definition) is 4. The van der Waals surface area contributed by atoms with E-state index in [0.717, 1.165) is 5.69 Å². The summed E-state index contributed by atoms with van der Waals surface area (Å²) in [7, 11) is 0. The second-order valence-corrected chi connectivity index (χ2v) is 7.08. The van der Waals surface area contributed by atoms with Crippen LogP contribution < -0.4 is 5.56 Å². The number of para-hydroxylation sites is 1. The summed E-state index contributed by atoms with van der Waals surface area (Å²) in [6.45, 7) is 1.79. The lowest BCUT2D eigenvalue weighted by atomic mass is 10.1. The van der Waals surface area contributed by atoms with Crippen molar-refractivity contribution in [3.63, 3.8) is 0 Å². The average Bonchev–Trinajstić information content (AvgIpc) is 3.00. The van der Waals surface area contributed by atoms with E-state index < -0.39 is 0 Å². The molecule has 8 heteroatoms. The number of fused-ring (bicyclic) bond motifs is 1. The van der Waals surface area contributed by atoms with Crippen LogP contribution in [0, 0.1) is 18.3 Å². The van der Waals surface area contributed by atoms with Crippen molar-refractivity contribution in [2.24, 2.45) is 0 Å². The zero-order valence-electron chi connectivity index (χ0n) is 15.1. The molecule has 0 aliphatic carbocycles. The van der Waals surface area contributed by atoms with Crippen molar-refractivity contribution >= 4 is 45.8 Å². The SMILES string of the molecule is Cc1nn(-c2ccccc2)c(Cl)c1/C=C(\C#N)c1nc2cc(Cl)ccc2c(=O)[nH]1. The minimum absolute atomic E-state index is 0.134. The van der Waals surface area contributed by atoms with E-state index in [4.69, 9.17) is 23.2 Å². The number of H-pyrrole nitrogens is 1. The van der Waals surface area contributed by atoms with Gasteiger partial charge in [0.25, 0.3) is 5.56 Å². The molecule has 0 unspecified atom stereocenters. The summed E-state index contributed by atoms with van der Waals surface area (Å²) in [6.07, 6.45) is 1.57. The quantitative estimate of drug-likeness (QED) is 0.481. The Bertz CT molecular complexity index is 1360. The lowest BCUT2D eigenvalue weighted by Crippen LogP contribution is -2.11. The number of nitrogens with one attached hydrogen (secondary N) is 1. The number of halogens is 2. The molecule has 2 aromatic heterocycles. The summed E-state index contributed by atoms with van der Waals surface area (Å²) in [4.78, 5) is 19.4. The number of benzene rings is 2. The van der Waals surface area contributed by atoms with Crippen molar-refractivity contribution in [2.75, 3.05) is 0 Å². The van der Waals surface area contributed by atoms with Gasteiger partial charge in [0.2, 0.25) is 0 Å². The molecular weight excluding hydrogens is 409 g/mol. The maximum absolute atomic E-state index is 12.4. The van der Waals surface area contributed by atoms with E-state index in [9.17, 15) is 10.1 Å². The Balaban J connectivity index is 1.86. The molecular formula is C21H13Cl2N5O. The molecule has 0 saturated carbocycles. The minimum Gasteiger partial charge on any atom is -0.305 e. The smallest absolute Gasteiger partial charge is 0.259 e. The van der Waals surface area contributed by atoms with Crippen LogP contribution in [0.5, 0.6) is 0 Å². The van der Waals surface area contributed by atoms with Crippen molar-refractivity contribution in [3.8, 4) is 11.8 Å². The van der Waals surface area contributed by atoms with Crippen LogP contribution in [0.15, 0.2) is 53.3 Å². The third-order valence-electron chi connectivity index (χ3n) is 4.38. The fourth-order valence-corrected chi connectivity index (χ4v) is 3.45. The molecule has 0 amide bonds. The van der Waals surface area contributed by atoms with Crippen molar-refractivity contribution in [3.05, 3.63) is 86.1 Å². The van der Waals surface area contributed by atoms with Gasteiger partial charge in [0.1, 0.15) is 11.2 Å². The van der Waals surface area contributed by atoms with Gasteiger partial charge in [-0.05, 0) is 43.3 Å². The van der Waals surface area contributed by atoms with E-state index in [1.165, 1.54) is 0 Å². The van der Waals surface area contributed by atoms with E-state index in [1.54, 1.807) is 35.9 Å². The molecule has 2 aromatic carbocycles. The number of allylic oxidation sites excluding steroid dienone is 1. The molecule has 1 N–H and O–H groups in total. The van der Waals surface area contributed by atoms with Crippen LogP contribution >= 0.6 is 23.2 Å². The van der Waals surface area contributed by atoms with Crippen LogP contribution in [-0.4, -0.2) is 19.7 Å². The number of aryl methyl sites for hydroxylation is 1. The van der Waals surface area contributed by atoms with Gasteiger partial charge in [0.05, 0.1) is 27.9 Å². The van der Waals surface area contributed by atoms with Crippen LogP contribution in [0.1, 0.15) is 17.1 Å². The molecule has 0 aliphatic heterocycles. The molecule has 0 bridgehead atoms. The standard InChI is InChI=1S/C21H13Cl2N5O/c1-12-17(19(23)28(27-12)15-5-3-2-4-6-15)9-13(11-24)20-25-18-10-14(22)7-8-16(18)21(29)26-20/h2-10H,1H3,(H,25,26,29)/b13-9+. The molecule has 0 fully saturated rings. The van der Waals surface area contributed by atoms with Gasteiger partial charge in [0.15, 0.2) is 5.82 Å². The largest absolute Gasteiger partial charge is 0.305 e. The highest BCUT2D eigenvalue weighted by Crippen LogP contribution is 2.27. The lowest BCUT2D eigenvalue weighted by molar-refractivity contribution is 0.863. The van der Waals surface area contributed by atoms with Gasteiger partial charge in [-0.25, -0.2) is 9.67 Å². The zero-order chi connectivity index (χ0) is 20.5. The van der Waals surface area contributed by atoms with Gasteiger partial charge in [-0.15, -0.1) is 0 Å². The third-order valence-corrected chi connectivity index (χ3v) is 4.98. The monoisotopic (exact) mass is 421 g/mol. The minimum atomic E-state index is -0.356. The van der Waals surface area contributed by atoms with E-state index in [0.29, 0.717) is 32.3 Å². The third kappa shape index (κ3) is 3.54. The highest BCUT2D eigenvalue weighted by molar-refractivity contribution is 6.32. The second kappa shape index (κ2) is 7.55. The highest BCUT2D eigenvalue weighted by Gasteiger charge is 2.16. The van der Waals surface area contributed by atoms with E-state index in [2.05, 4.69) is 21.1 Å². The Morgan fingerprint density at radius 1 is 1.21 bits per heavy atom. The Kier molecular flexibility index (Phi) is 4.93. The van der Waals surface area contributed by atoms with Gasteiger partial charge in [-0.1, -0.05) is 41.4 Å². The second-order valence-electron chi connectivity index (χ2n) is 6.28. The lowest BCUT2D eigenvalue weighted by Gasteiger charge is -2.03. The van der Waals surface area contributed by atoms with Crippen LogP contribution in [0.4, 0.5) is 0 Å². The van der Waals surface area contributed by atoms with Crippen LogP contribution in [0.3, 0.4) is 0 Å². The zero-order valence-corrected chi connectivity index (χ0v) is 16.7. The summed E-state index contributed by atoms with van der Waals surface area (Å²) in [6, 6.07) is 16.3. The van der Waals surface area contributed by atoms with E-state index >= 15 is 0 Å². The van der Waals surface area contributed by atoms with Crippen molar-refractivity contribution < 1.29 is 0 Å². The fourth-order valence-electron chi connectivity index (χ4n) is 2.95. The number of aromatic nitrogens is 4. The van der Waals surface area contributed by atoms with Crippen molar-refractivity contribution in [1.82, 2.24) is 19.7 Å². The molecule has 0 saturated heterocycles. The Morgan fingerprint density at radius 3 is 2.69 bits per heavy atom. The molecule has 0 aliphatic rings. The van der Waals surface area contributed by atoms with Gasteiger partial charge < -0.3 is 4.98 Å². The predicted molar refractivity (Wildman–Crippen MR) is 114 cm³/mol. The summed E-state index contributed by atoms with van der Waals surface area (Å²) in [5.41, 5.74) is 2.21. The summed E-state index contributed by atoms with van der Waals surface area (Å²) in [5, 5.41) is 15.3. The van der Waals surface area contributed by atoms with Crippen LogP contribution in [0.25, 0.3) is 28.2 Å². The normalized spacial score (nSPS) is 11.6. The van der Waals surface area contributed by atoms with Crippen LogP contribution in [-0.2, 0) is 0 Å². The Morgan fingerprint density at radius 2 is 1.97 bits per heavy atom. The summed E-state index contributed by atoms with van der Waals surface area (Å²) < 4.78 is 1.59. The average molecular weight is 422 g/mol.